The van der Waals surface area contributed by atoms with Crippen molar-refractivity contribution in [3.05, 3.63) is 23.0 Å². The van der Waals surface area contributed by atoms with Gasteiger partial charge >= 0.3 is 5.97 Å². The number of methoxy groups -OCH3 is 2. The molecule has 0 atom stereocenters. The Labute approximate surface area is 108 Å². The molecule has 0 aliphatic rings. The van der Waals surface area contributed by atoms with Crippen molar-refractivity contribution in [1.29, 1.82) is 0 Å². The van der Waals surface area contributed by atoms with Crippen LogP contribution in [-0.2, 0) is 21.8 Å². The number of halogens is 3. The maximum atomic E-state index is 12.7. The van der Waals surface area contributed by atoms with E-state index >= 15 is 0 Å². The van der Waals surface area contributed by atoms with Gasteiger partial charge in [0.2, 0.25) is 0 Å². The Kier molecular flexibility index (Phi) is 5.27. The smallest absolute Gasteiger partial charge is 0.311 e. The maximum absolute atomic E-state index is 12.7. The lowest BCUT2D eigenvalue weighted by Crippen LogP contribution is -2.10. The van der Waals surface area contributed by atoms with E-state index in [-0.39, 0.29) is 35.0 Å². The summed E-state index contributed by atoms with van der Waals surface area (Å²) in [5.74, 6) is -0.589. The lowest BCUT2D eigenvalue weighted by Gasteiger charge is -2.12. The lowest BCUT2D eigenvalue weighted by molar-refractivity contribution is -0.139. The topological polar surface area (TPSA) is 48.4 Å². The minimum Gasteiger partial charge on any atom is -0.495 e. The summed E-state index contributed by atoms with van der Waals surface area (Å²) in [4.78, 5) is 15.1. The number of carbonyl (C=O) groups excluding carboxylic acids is 1. The van der Waals surface area contributed by atoms with Crippen LogP contribution in [0.1, 0.15) is 23.4 Å². The number of hydrogen-bond acceptors (Lipinski definition) is 4. The van der Waals surface area contributed by atoms with Gasteiger partial charge in [0.25, 0.3) is 6.43 Å². The summed E-state index contributed by atoms with van der Waals surface area (Å²) in [6, 6.07) is 1.15. The number of aromatic nitrogens is 1. The fourth-order valence-corrected chi connectivity index (χ4v) is 1.61. The summed E-state index contributed by atoms with van der Waals surface area (Å²) in [5.41, 5.74) is -0.0359. The van der Waals surface area contributed by atoms with Crippen molar-refractivity contribution in [2.24, 2.45) is 0 Å². The van der Waals surface area contributed by atoms with Crippen LogP contribution in [0, 0.1) is 0 Å². The summed E-state index contributed by atoms with van der Waals surface area (Å²) < 4.78 is 34.9. The van der Waals surface area contributed by atoms with Crippen molar-refractivity contribution in [3.8, 4) is 5.75 Å². The van der Waals surface area contributed by atoms with Crippen LogP contribution in [0.15, 0.2) is 6.07 Å². The molecule has 0 fully saturated rings. The Bertz CT molecular complexity index is 441. The molecule has 0 aromatic carbocycles. The second kappa shape index (κ2) is 6.49. The molecule has 1 aromatic rings. The zero-order valence-electron chi connectivity index (χ0n) is 9.87. The number of alkyl halides is 3. The zero-order valence-corrected chi connectivity index (χ0v) is 10.6. The first-order valence-corrected chi connectivity index (χ1v) is 5.54. The van der Waals surface area contributed by atoms with Crippen LogP contribution in [0.5, 0.6) is 5.75 Å². The molecule has 1 heterocycles. The van der Waals surface area contributed by atoms with Gasteiger partial charge in [0, 0.05) is 5.56 Å². The van der Waals surface area contributed by atoms with Gasteiger partial charge < -0.3 is 9.47 Å². The predicted octanol–water partition coefficient (Wildman–Crippen LogP) is 2.48. The van der Waals surface area contributed by atoms with E-state index in [1.165, 1.54) is 14.2 Å². The molecule has 0 amide bonds. The molecule has 0 bridgehead atoms. The molecule has 100 valence electrons. The van der Waals surface area contributed by atoms with Gasteiger partial charge in [0.1, 0.15) is 5.75 Å². The largest absolute Gasteiger partial charge is 0.495 e. The number of hydrogen-bond donors (Lipinski definition) is 0. The molecule has 0 radical (unpaired) electrons. The molecule has 18 heavy (non-hydrogen) atoms. The highest BCUT2D eigenvalue weighted by molar-refractivity contribution is 6.17. The quantitative estimate of drug-likeness (QED) is 0.614. The van der Waals surface area contributed by atoms with Crippen molar-refractivity contribution >= 4 is 17.6 Å². The standard InChI is InChI=1S/C11H12ClF2NO3/c1-17-9-3-6(11(13)14)8(5-12)15-7(9)4-10(16)18-2/h3,11H,4-5H2,1-2H3. The number of carbonyl (C=O) groups is 1. The molecule has 0 unspecified atom stereocenters. The van der Waals surface area contributed by atoms with Crippen molar-refractivity contribution in [3.63, 3.8) is 0 Å². The van der Waals surface area contributed by atoms with E-state index < -0.39 is 12.4 Å². The van der Waals surface area contributed by atoms with Crippen LogP contribution in [0.25, 0.3) is 0 Å². The van der Waals surface area contributed by atoms with Crippen molar-refractivity contribution < 1.29 is 23.0 Å². The molecule has 0 saturated carbocycles. The molecule has 1 aromatic heterocycles. The average Bonchev–Trinajstić information content (AvgIpc) is 2.37. The van der Waals surface area contributed by atoms with Gasteiger partial charge in [-0.1, -0.05) is 0 Å². The van der Waals surface area contributed by atoms with Gasteiger partial charge in [-0.25, -0.2) is 8.78 Å². The molecule has 0 aliphatic carbocycles. The van der Waals surface area contributed by atoms with Gasteiger partial charge in [-0.05, 0) is 6.07 Å². The van der Waals surface area contributed by atoms with Crippen molar-refractivity contribution in [2.45, 2.75) is 18.7 Å². The first-order chi connectivity index (χ1) is 8.53. The summed E-state index contributed by atoms with van der Waals surface area (Å²) in [6.07, 6.45) is -2.86. The Morgan fingerprint density at radius 2 is 2.11 bits per heavy atom. The Balaban J connectivity index is 3.21. The van der Waals surface area contributed by atoms with E-state index in [0.29, 0.717) is 0 Å². The summed E-state index contributed by atoms with van der Waals surface area (Å²) in [6.45, 7) is 0. The van der Waals surface area contributed by atoms with E-state index in [1.54, 1.807) is 0 Å². The van der Waals surface area contributed by atoms with Crippen LogP contribution in [-0.4, -0.2) is 25.2 Å². The van der Waals surface area contributed by atoms with Crippen LogP contribution < -0.4 is 4.74 Å². The summed E-state index contributed by atoms with van der Waals surface area (Å²) in [5, 5.41) is 0. The van der Waals surface area contributed by atoms with Gasteiger partial charge in [-0.3, -0.25) is 9.78 Å². The van der Waals surface area contributed by atoms with Crippen LogP contribution in [0.4, 0.5) is 8.78 Å². The summed E-state index contributed by atoms with van der Waals surface area (Å²) in [7, 11) is 2.54. The first kappa shape index (κ1) is 14.6. The van der Waals surface area contributed by atoms with Gasteiger partial charge in [-0.2, -0.15) is 0 Å². The SMILES string of the molecule is COC(=O)Cc1nc(CCl)c(C(F)F)cc1OC. The normalized spacial score (nSPS) is 10.6. The van der Waals surface area contributed by atoms with Crippen LogP contribution >= 0.6 is 11.6 Å². The molecule has 0 spiro atoms. The van der Waals surface area contributed by atoms with Gasteiger partial charge in [-0.15, -0.1) is 11.6 Å². The second-order valence-electron chi connectivity index (χ2n) is 3.36. The first-order valence-electron chi connectivity index (χ1n) is 5.01. The minimum atomic E-state index is -2.70. The molecule has 1 rings (SSSR count). The number of pyridine rings is 1. The third kappa shape index (κ3) is 3.29. The fourth-order valence-electron chi connectivity index (χ4n) is 1.40. The molecule has 0 aliphatic heterocycles. The number of ether oxygens (including phenoxy) is 2. The van der Waals surface area contributed by atoms with E-state index in [9.17, 15) is 13.6 Å². The summed E-state index contributed by atoms with van der Waals surface area (Å²) >= 11 is 5.56. The predicted molar refractivity (Wildman–Crippen MR) is 61.0 cm³/mol. The molecule has 4 nitrogen and oxygen atoms in total. The average molecular weight is 280 g/mol. The third-order valence-corrected chi connectivity index (χ3v) is 2.55. The monoisotopic (exact) mass is 279 g/mol. The maximum Gasteiger partial charge on any atom is 0.311 e. The minimum absolute atomic E-state index is 0.0337. The molecule has 0 N–H and O–H groups in total. The Hall–Kier alpha value is -1.43. The van der Waals surface area contributed by atoms with Crippen LogP contribution in [0.3, 0.4) is 0 Å². The molecular weight excluding hydrogens is 268 g/mol. The second-order valence-corrected chi connectivity index (χ2v) is 3.63. The highest BCUT2D eigenvalue weighted by atomic mass is 35.5. The Morgan fingerprint density at radius 1 is 1.44 bits per heavy atom. The van der Waals surface area contributed by atoms with Crippen molar-refractivity contribution in [1.82, 2.24) is 4.98 Å². The van der Waals surface area contributed by atoms with E-state index in [1.807, 2.05) is 0 Å². The van der Waals surface area contributed by atoms with E-state index in [2.05, 4.69) is 9.72 Å². The van der Waals surface area contributed by atoms with Crippen LogP contribution in [0.2, 0.25) is 0 Å². The lowest BCUT2D eigenvalue weighted by atomic mass is 10.1. The van der Waals surface area contributed by atoms with Crippen molar-refractivity contribution in [2.75, 3.05) is 14.2 Å². The zero-order chi connectivity index (χ0) is 13.7. The highest BCUT2D eigenvalue weighted by Crippen LogP contribution is 2.29. The highest BCUT2D eigenvalue weighted by Gasteiger charge is 2.20. The van der Waals surface area contributed by atoms with Gasteiger partial charge in [0.05, 0.1) is 37.9 Å². The number of rotatable bonds is 5. The fraction of sp³-hybridized carbons (Fsp3) is 0.455. The third-order valence-electron chi connectivity index (χ3n) is 2.30. The number of esters is 1. The number of nitrogens with zero attached hydrogens (tertiary/aromatic N) is 1. The van der Waals surface area contributed by atoms with E-state index in [4.69, 9.17) is 16.3 Å². The Morgan fingerprint density at radius 3 is 2.56 bits per heavy atom. The molecular formula is C11H12ClF2NO3. The molecule has 7 heteroatoms. The van der Waals surface area contributed by atoms with Gasteiger partial charge in [0.15, 0.2) is 0 Å². The molecule has 0 saturated heterocycles. The van der Waals surface area contributed by atoms with E-state index in [0.717, 1.165) is 6.07 Å².